The normalized spacial score (nSPS) is 47.8. The first-order valence-corrected chi connectivity index (χ1v) is 8.77. The van der Waals surface area contributed by atoms with Gasteiger partial charge in [0.05, 0.1) is 6.26 Å². The van der Waals surface area contributed by atoms with Gasteiger partial charge in [0.1, 0.15) is 11.8 Å². The fraction of sp³-hybridized carbons (Fsp3) is 0.550. The first kappa shape index (κ1) is 15.6. The van der Waals surface area contributed by atoms with Crippen LogP contribution in [0.15, 0.2) is 52.9 Å². The molecule has 2 N–H and O–H groups in total. The van der Waals surface area contributed by atoms with Crippen molar-refractivity contribution in [3.8, 4) is 0 Å². The van der Waals surface area contributed by atoms with Gasteiger partial charge in [0.15, 0.2) is 0 Å². The Labute approximate surface area is 142 Å². The van der Waals surface area contributed by atoms with Crippen molar-refractivity contribution < 1.29 is 9.90 Å². The molecule has 4 aliphatic rings. The number of fused-ring (bicyclic) bond motifs is 5. The Morgan fingerprint density at radius 1 is 1.38 bits per heavy atom. The van der Waals surface area contributed by atoms with Crippen LogP contribution >= 0.6 is 0 Å². The molecule has 4 unspecified atom stereocenters. The Morgan fingerprint density at radius 2 is 2.17 bits per heavy atom. The molecule has 0 aliphatic heterocycles. The summed E-state index contributed by atoms with van der Waals surface area (Å²) in [6.45, 7) is 4.35. The topological polar surface area (TPSA) is 73.5 Å². The van der Waals surface area contributed by atoms with Crippen molar-refractivity contribution >= 4 is 5.78 Å². The molecule has 4 rings (SSSR count). The Balaban J connectivity index is 1.80. The number of hydrogen-bond donors (Lipinski definition) is 2. The smallest absolute Gasteiger partial charge is 0.143 e. The molecule has 4 heteroatoms. The first-order chi connectivity index (χ1) is 11.4. The third-order valence-electron chi connectivity index (χ3n) is 7.11. The second-order valence-corrected chi connectivity index (χ2v) is 8.16. The molecular weight excluding hydrogens is 300 g/mol. The van der Waals surface area contributed by atoms with Crippen molar-refractivity contribution in [2.75, 3.05) is 0 Å². The SMILES string of the molecule is C[C@]12C=CC(N=N)C=C1C=CC1C2CC[C@]2(C)C(=O)CC(=CO)C12. The summed E-state index contributed by atoms with van der Waals surface area (Å²) in [5, 5.41) is 13.3. The number of Topliss-reactive ketones (excluding diaryl/α,β-unsaturated/α-hetero) is 1. The summed E-state index contributed by atoms with van der Waals surface area (Å²) in [5.74, 6) is 1.06. The molecule has 0 radical (unpaired) electrons. The zero-order chi connectivity index (χ0) is 17.1. The quantitative estimate of drug-likeness (QED) is 0.423. The zero-order valence-corrected chi connectivity index (χ0v) is 14.2. The molecule has 0 aromatic rings. The summed E-state index contributed by atoms with van der Waals surface area (Å²) in [4.78, 5) is 12.6. The van der Waals surface area contributed by atoms with Crippen LogP contribution in [-0.4, -0.2) is 16.9 Å². The number of carbonyl (C=O) groups excluding carboxylic acids is 1. The van der Waals surface area contributed by atoms with Gasteiger partial charge in [-0.25, -0.2) is 5.53 Å². The van der Waals surface area contributed by atoms with Gasteiger partial charge >= 0.3 is 0 Å². The minimum absolute atomic E-state index is 0.0753. The lowest BCUT2D eigenvalue weighted by Crippen LogP contribution is -2.48. The van der Waals surface area contributed by atoms with E-state index in [-0.39, 0.29) is 34.5 Å². The lowest BCUT2D eigenvalue weighted by Gasteiger charge is -2.53. The van der Waals surface area contributed by atoms with E-state index in [4.69, 9.17) is 5.53 Å². The van der Waals surface area contributed by atoms with E-state index in [0.29, 0.717) is 12.3 Å². The van der Waals surface area contributed by atoms with Crippen LogP contribution in [0.3, 0.4) is 0 Å². The molecule has 4 aliphatic carbocycles. The predicted molar refractivity (Wildman–Crippen MR) is 91.6 cm³/mol. The molecular formula is C20H24N2O2. The fourth-order valence-electron chi connectivity index (χ4n) is 5.68. The Kier molecular flexibility index (Phi) is 3.25. The van der Waals surface area contributed by atoms with Crippen molar-refractivity contribution in [1.82, 2.24) is 0 Å². The van der Waals surface area contributed by atoms with E-state index in [9.17, 15) is 9.90 Å². The molecule has 24 heavy (non-hydrogen) atoms. The number of aliphatic hydroxyl groups is 1. The van der Waals surface area contributed by atoms with E-state index in [2.05, 4.69) is 43.3 Å². The van der Waals surface area contributed by atoms with Crippen LogP contribution in [0.4, 0.5) is 0 Å². The molecule has 0 spiro atoms. The summed E-state index contributed by atoms with van der Waals surface area (Å²) < 4.78 is 0. The fourth-order valence-corrected chi connectivity index (χ4v) is 5.68. The van der Waals surface area contributed by atoms with Gasteiger partial charge in [-0.05, 0) is 35.8 Å². The van der Waals surface area contributed by atoms with Crippen molar-refractivity contribution in [3.63, 3.8) is 0 Å². The zero-order valence-electron chi connectivity index (χ0n) is 14.2. The van der Waals surface area contributed by atoms with Gasteiger partial charge in [0, 0.05) is 23.2 Å². The highest BCUT2D eigenvalue weighted by atomic mass is 16.2. The second kappa shape index (κ2) is 5.01. The highest BCUT2D eigenvalue weighted by Crippen LogP contribution is 2.63. The highest BCUT2D eigenvalue weighted by Gasteiger charge is 2.59. The van der Waals surface area contributed by atoms with Crippen LogP contribution in [0.5, 0.6) is 0 Å². The molecule has 0 saturated heterocycles. The second-order valence-electron chi connectivity index (χ2n) is 8.16. The van der Waals surface area contributed by atoms with E-state index < -0.39 is 0 Å². The number of hydrogen-bond acceptors (Lipinski definition) is 4. The molecule has 4 nitrogen and oxygen atoms in total. The molecule has 0 bridgehead atoms. The molecule has 6 atom stereocenters. The number of allylic oxidation sites excluding steroid dienone is 5. The van der Waals surface area contributed by atoms with Gasteiger partial charge in [-0.3, -0.25) is 4.79 Å². The number of rotatable bonds is 1. The van der Waals surface area contributed by atoms with E-state index in [1.165, 1.54) is 11.8 Å². The number of carbonyl (C=O) groups is 1. The van der Waals surface area contributed by atoms with Gasteiger partial charge in [-0.15, -0.1) is 0 Å². The molecule has 0 amide bonds. The highest BCUT2D eigenvalue weighted by molar-refractivity contribution is 5.91. The summed E-state index contributed by atoms with van der Waals surface area (Å²) in [5.41, 5.74) is 8.99. The van der Waals surface area contributed by atoms with E-state index in [1.807, 2.05) is 6.08 Å². The monoisotopic (exact) mass is 324 g/mol. The third kappa shape index (κ3) is 1.83. The summed E-state index contributed by atoms with van der Waals surface area (Å²) in [7, 11) is 0. The number of aliphatic hydroxyl groups excluding tert-OH is 1. The van der Waals surface area contributed by atoms with Crippen LogP contribution in [0.25, 0.3) is 0 Å². The molecule has 2 fully saturated rings. The molecule has 126 valence electrons. The predicted octanol–water partition coefficient (Wildman–Crippen LogP) is 4.52. The number of nitrogens with zero attached hydrogens (tertiary/aromatic N) is 1. The van der Waals surface area contributed by atoms with Crippen molar-refractivity contribution in [2.45, 2.75) is 39.2 Å². The molecule has 0 aromatic heterocycles. The van der Waals surface area contributed by atoms with Crippen LogP contribution < -0.4 is 0 Å². The standard InChI is InChI=1S/C20H24N2O2/c1-19-7-5-14(22-21)10-13(19)3-4-15-16(19)6-8-20(2)17(24)9-12(11-23)18(15)20/h3-5,7,10-11,14-16,18,21,23H,6,8-9H2,1-2H3/t14?,15?,16?,18?,19-,20+/m0/s1. The largest absolute Gasteiger partial charge is 0.516 e. The Morgan fingerprint density at radius 3 is 2.88 bits per heavy atom. The maximum absolute atomic E-state index is 12.6. The average molecular weight is 324 g/mol. The van der Waals surface area contributed by atoms with E-state index in [1.54, 1.807) is 0 Å². The first-order valence-electron chi connectivity index (χ1n) is 8.77. The Bertz CT molecular complexity index is 732. The lowest BCUT2D eigenvalue weighted by molar-refractivity contribution is -0.129. The van der Waals surface area contributed by atoms with Crippen molar-refractivity contribution in [1.29, 1.82) is 5.53 Å². The molecule has 2 saturated carbocycles. The van der Waals surface area contributed by atoms with Crippen molar-refractivity contribution in [3.05, 3.63) is 47.8 Å². The number of nitrogens with one attached hydrogen (secondary N) is 1. The van der Waals surface area contributed by atoms with Crippen LogP contribution in [0.2, 0.25) is 0 Å². The van der Waals surface area contributed by atoms with E-state index >= 15 is 0 Å². The third-order valence-corrected chi connectivity index (χ3v) is 7.11. The minimum Gasteiger partial charge on any atom is -0.516 e. The van der Waals surface area contributed by atoms with Crippen LogP contribution in [0, 0.1) is 34.1 Å². The summed E-state index contributed by atoms with van der Waals surface area (Å²) in [6.07, 6.45) is 14.2. The van der Waals surface area contributed by atoms with Gasteiger partial charge in [0.2, 0.25) is 0 Å². The van der Waals surface area contributed by atoms with E-state index in [0.717, 1.165) is 18.4 Å². The lowest BCUT2D eigenvalue weighted by atomic mass is 9.50. The van der Waals surface area contributed by atoms with Gasteiger partial charge in [-0.2, -0.15) is 5.11 Å². The summed E-state index contributed by atoms with van der Waals surface area (Å²) in [6, 6.07) is -0.163. The minimum atomic E-state index is -0.338. The molecule has 0 aromatic carbocycles. The van der Waals surface area contributed by atoms with Crippen LogP contribution in [0.1, 0.15) is 33.1 Å². The van der Waals surface area contributed by atoms with Gasteiger partial charge in [-0.1, -0.05) is 44.2 Å². The Hall–Kier alpha value is -1.97. The maximum atomic E-state index is 12.6. The summed E-state index contributed by atoms with van der Waals surface area (Å²) >= 11 is 0. The van der Waals surface area contributed by atoms with Crippen molar-refractivity contribution in [2.24, 2.45) is 33.7 Å². The maximum Gasteiger partial charge on any atom is 0.143 e. The van der Waals surface area contributed by atoms with Gasteiger partial charge < -0.3 is 5.11 Å². The van der Waals surface area contributed by atoms with Gasteiger partial charge in [0.25, 0.3) is 0 Å². The number of ketones is 1. The molecule has 0 heterocycles. The average Bonchev–Trinajstić information content (AvgIpc) is 2.85. The van der Waals surface area contributed by atoms with Crippen LogP contribution in [-0.2, 0) is 4.79 Å².